The van der Waals surface area contributed by atoms with Gasteiger partial charge in [0.15, 0.2) is 0 Å². The molecule has 0 saturated carbocycles. The summed E-state index contributed by atoms with van der Waals surface area (Å²) >= 11 is 11.1. The average molecular weight is 419 g/mol. The van der Waals surface area contributed by atoms with Gasteiger partial charge in [0.05, 0.1) is 9.65 Å². The quantitative estimate of drug-likeness (QED) is 0.534. The lowest BCUT2D eigenvalue weighted by Crippen LogP contribution is -1.99. The lowest BCUT2D eigenvalue weighted by molar-refractivity contribution is 0.933. The maximum absolute atomic E-state index is 3.76. The predicted octanol–water partition coefficient (Wildman–Crippen LogP) is 6.02. The maximum atomic E-state index is 3.76. The molecule has 3 heteroatoms. The van der Waals surface area contributed by atoms with Crippen LogP contribution in [-0.4, -0.2) is 0 Å². The normalized spacial score (nSPS) is 14.3. The molecule has 0 heterocycles. The minimum Gasteiger partial charge on any atom is -0.0823 e. The van der Waals surface area contributed by atoms with Crippen molar-refractivity contribution in [2.45, 2.75) is 9.65 Å². The van der Waals surface area contributed by atoms with Crippen LogP contribution in [0.2, 0.25) is 0 Å². The first kappa shape index (κ1) is 13.3. The van der Waals surface area contributed by atoms with Crippen LogP contribution >= 0.6 is 47.8 Å². The lowest BCUT2D eigenvalue weighted by Gasteiger charge is -2.18. The van der Waals surface area contributed by atoms with E-state index in [1.54, 1.807) is 0 Å². The Morgan fingerprint density at radius 1 is 0.706 bits per heavy atom. The van der Waals surface area contributed by atoms with Gasteiger partial charge in [0.2, 0.25) is 0 Å². The third kappa shape index (κ3) is 3.21. The van der Waals surface area contributed by atoms with Crippen molar-refractivity contribution in [3.05, 3.63) is 70.2 Å². The molecule has 0 spiro atoms. The molecule has 0 fully saturated rings. The van der Waals surface area contributed by atoms with E-state index in [9.17, 15) is 0 Å². The fourth-order valence-electron chi connectivity index (χ4n) is 1.66. The zero-order chi connectivity index (χ0) is 12.3. The van der Waals surface area contributed by atoms with Gasteiger partial charge >= 0.3 is 0 Å². The van der Waals surface area contributed by atoms with Gasteiger partial charge in [0.1, 0.15) is 0 Å². The van der Waals surface area contributed by atoms with Crippen molar-refractivity contribution in [1.82, 2.24) is 0 Å². The Labute approximate surface area is 127 Å². The van der Waals surface area contributed by atoms with Crippen LogP contribution < -0.4 is 0 Å². The summed E-state index contributed by atoms with van der Waals surface area (Å²) < 4.78 is 1.13. The number of alkyl halides is 2. The number of hydrogen-bond acceptors (Lipinski definition) is 0. The van der Waals surface area contributed by atoms with Crippen molar-refractivity contribution >= 4 is 47.8 Å². The second-order valence-electron chi connectivity index (χ2n) is 3.74. The summed E-state index contributed by atoms with van der Waals surface area (Å²) in [6, 6.07) is 18.7. The third-order valence-corrected chi connectivity index (χ3v) is 6.09. The predicted molar refractivity (Wildman–Crippen MR) is 83.9 cm³/mol. The molecule has 2 atom stereocenters. The van der Waals surface area contributed by atoms with Gasteiger partial charge in [-0.25, -0.2) is 0 Å². The molecule has 0 radical (unpaired) electrons. The van der Waals surface area contributed by atoms with Gasteiger partial charge in [0, 0.05) is 4.47 Å². The van der Waals surface area contributed by atoms with Crippen molar-refractivity contribution in [1.29, 1.82) is 0 Å². The number of hydrogen-bond donors (Lipinski definition) is 0. The molecule has 2 aromatic carbocycles. The third-order valence-electron chi connectivity index (χ3n) is 2.58. The fourth-order valence-corrected chi connectivity index (χ4v) is 3.80. The summed E-state index contributed by atoms with van der Waals surface area (Å²) in [6.45, 7) is 0. The number of benzene rings is 2. The van der Waals surface area contributed by atoms with E-state index in [4.69, 9.17) is 0 Å². The van der Waals surface area contributed by atoms with E-state index in [-0.39, 0.29) is 9.65 Å². The zero-order valence-electron chi connectivity index (χ0n) is 8.98. The Morgan fingerprint density at radius 3 is 1.94 bits per heavy atom. The largest absolute Gasteiger partial charge is 0.0823 e. The molecule has 17 heavy (non-hydrogen) atoms. The fraction of sp³-hybridized carbons (Fsp3) is 0.143. The number of rotatable bonds is 3. The van der Waals surface area contributed by atoms with Gasteiger partial charge in [-0.1, -0.05) is 96.3 Å². The van der Waals surface area contributed by atoms with Gasteiger partial charge in [-0.2, -0.15) is 0 Å². The van der Waals surface area contributed by atoms with E-state index >= 15 is 0 Å². The topological polar surface area (TPSA) is 0 Å². The van der Waals surface area contributed by atoms with Gasteiger partial charge in [-0.15, -0.1) is 0 Å². The highest BCUT2D eigenvalue weighted by atomic mass is 79.9. The van der Waals surface area contributed by atoms with E-state index in [1.807, 2.05) is 12.1 Å². The van der Waals surface area contributed by atoms with Gasteiger partial charge in [0.25, 0.3) is 0 Å². The summed E-state index contributed by atoms with van der Waals surface area (Å²) in [6.07, 6.45) is 0. The number of halogens is 3. The van der Waals surface area contributed by atoms with Crippen LogP contribution in [-0.2, 0) is 0 Å². The first-order valence-corrected chi connectivity index (χ1v) is 7.90. The molecule has 2 rings (SSSR count). The van der Waals surface area contributed by atoms with Crippen LogP contribution in [0.25, 0.3) is 0 Å². The van der Waals surface area contributed by atoms with Crippen LogP contribution in [0, 0.1) is 0 Å². The van der Waals surface area contributed by atoms with Crippen molar-refractivity contribution in [3.8, 4) is 0 Å². The monoisotopic (exact) mass is 416 g/mol. The molecule has 0 aliphatic rings. The minimum atomic E-state index is 0.237. The molecule has 0 aliphatic carbocycles. The van der Waals surface area contributed by atoms with Crippen LogP contribution in [0.4, 0.5) is 0 Å². The van der Waals surface area contributed by atoms with E-state index in [2.05, 4.69) is 90.3 Å². The molecule has 0 aromatic heterocycles. The van der Waals surface area contributed by atoms with Crippen molar-refractivity contribution in [2.75, 3.05) is 0 Å². The summed E-state index contributed by atoms with van der Waals surface area (Å²) in [4.78, 5) is 0.489. The van der Waals surface area contributed by atoms with Crippen LogP contribution in [0.1, 0.15) is 20.8 Å². The Morgan fingerprint density at radius 2 is 1.29 bits per heavy atom. The summed E-state index contributed by atoms with van der Waals surface area (Å²) in [7, 11) is 0. The molecule has 0 N–H and O–H groups in total. The van der Waals surface area contributed by atoms with Gasteiger partial charge < -0.3 is 0 Å². The molecule has 0 unspecified atom stereocenters. The Bertz CT molecular complexity index is 482. The van der Waals surface area contributed by atoms with Crippen LogP contribution in [0.15, 0.2) is 59.1 Å². The molecule has 0 aliphatic heterocycles. The smallest absolute Gasteiger partial charge is 0.0572 e. The lowest BCUT2D eigenvalue weighted by atomic mass is 10.0. The van der Waals surface area contributed by atoms with Crippen LogP contribution in [0.3, 0.4) is 0 Å². The highest BCUT2D eigenvalue weighted by Crippen LogP contribution is 2.44. The first-order valence-electron chi connectivity index (χ1n) is 5.27. The molecule has 2 aromatic rings. The van der Waals surface area contributed by atoms with Crippen molar-refractivity contribution in [2.24, 2.45) is 0 Å². The summed E-state index contributed by atoms with van der Waals surface area (Å²) in [5.74, 6) is 0. The molecule has 0 nitrogen and oxygen atoms in total. The maximum Gasteiger partial charge on any atom is 0.0572 e. The summed E-state index contributed by atoms with van der Waals surface area (Å²) in [5, 5.41) is 0. The Balaban J connectivity index is 2.27. The molecule has 0 amide bonds. The molecular weight excluding hydrogens is 408 g/mol. The minimum absolute atomic E-state index is 0.237. The van der Waals surface area contributed by atoms with E-state index < -0.39 is 0 Å². The molecule has 88 valence electrons. The van der Waals surface area contributed by atoms with Crippen molar-refractivity contribution < 1.29 is 0 Å². The Hall–Kier alpha value is -0.120. The molecular formula is C14H11Br3. The van der Waals surface area contributed by atoms with Gasteiger partial charge in [-0.05, 0) is 17.2 Å². The van der Waals surface area contributed by atoms with Gasteiger partial charge in [-0.3, -0.25) is 0 Å². The molecule has 0 saturated heterocycles. The second-order valence-corrected chi connectivity index (χ2v) is 6.56. The van der Waals surface area contributed by atoms with Crippen LogP contribution in [0.5, 0.6) is 0 Å². The average Bonchev–Trinajstić information content (AvgIpc) is 2.39. The standard InChI is InChI=1S/C14H11Br3/c15-12-9-5-4-8-11(12)14(17)13(16)10-6-2-1-3-7-10/h1-9,13-14H/t13-,14-/m0/s1. The van der Waals surface area contributed by atoms with E-state index in [1.165, 1.54) is 11.1 Å². The molecule has 0 bridgehead atoms. The second kappa shape index (κ2) is 6.17. The van der Waals surface area contributed by atoms with E-state index in [0.29, 0.717) is 0 Å². The zero-order valence-corrected chi connectivity index (χ0v) is 13.7. The first-order chi connectivity index (χ1) is 8.20. The SMILES string of the molecule is Brc1ccccc1[C@H](Br)[C@@H](Br)c1ccccc1. The summed E-state index contributed by atoms with van der Waals surface area (Å²) in [5.41, 5.74) is 2.52. The highest BCUT2D eigenvalue weighted by Gasteiger charge is 2.20. The highest BCUT2D eigenvalue weighted by molar-refractivity contribution is 9.12. The van der Waals surface area contributed by atoms with Crippen molar-refractivity contribution in [3.63, 3.8) is 0 Å². The Kier molecular flexibility index (Phi) is 4.83. The van der Waals surface area contributed by atoms with E-state index in [0.717, 1.165) is 4.47 Å².